The molecule has 1 aromatic heterocycles. The van der Waals surface area contributed by atoms with Crippen molar-refractivity contribution in [3.8, 4) is 0 Å². The molecular weight excluding hydrogens is 316 g/mol. The van der Waals surface area contributed by atoms with E-state index in [2.05, 4.69) is 10.4 Å². The van der Waals surface area contributed by atoms with E-state index >= 15 is 0 Å². The SMILES string of the molecule is Cn1nccc1CN1C(=O)NC(C)(c2ccc3ccccc3c2)C1=O. The highest BCUT2D eigenvalue weighted by molar-refractivity contribution is 6.07. The van der Waals surface area contributed by atoms with Crippen molar-refractivity contribution in [1.82, 2.24) is 20.0 Å². The quantitative estimate of drug-likeness (QED) is 0.749. The van der Waals surface area contributed by atoms with Crippen LogP contribution in [-0.2, 0) is 23.9 Å². The van der Waals surface area contributed by atoms with Gasteiger partial charge in [-0.3, -0.25) is 14.4 Å². The standard InChI is InChI=1S/C19H18N4O2/c1-19(15-8-7-13-5-3-4-6-14(13)11-15)17(24)23(18(25)21-19)12-16-9-10-20-22(16)2/h3-11H,12H2,1-2H3,(H,21,25). The van der Waals surface area contributed by atoms with E-state index in [9.17, 15) is 9.59 Å². The molecule has 0 aliphatic carbocycles. The molecule has 1 saturated heterocycles. The number of benzene rings is 2. The highest BCUT2D eigenvalue weighted by atomic mass is 16.2. The summed E-state index contributed by atoms with van der Waals surface area (Å²) >= 11 is 0. The molecule has 0 radical (unpaired) electrons. The molecular formula is C19H18N4O2. The number of carbonyl (C=O) groups is 2. The summed E-state index contributed by atoms with van der Waals surface area (Å²) in [6.45, 7) is 1.95. The van der Waals surface area contributed by atoms with Gasteiger partial charge in [0.25, 0.3) is 5.91 Å². The summed E-state index contributed by atoms with van der Waals surface area (Å²) < 4.78 is 1.66. The number of aryl methyl sites for hydroxylation is 1. The lowest BCUT2D eigenvalue weighted by Gasteiger charge is -2.22. The van der Waals surface area contributed by atoms with Gasteiger partial charge in [-0.1, -0.05) is 36.4 Å². The van der Waals surface area contributed by atoms with E-state index in [1.54, 1.807) is 30.9 Å². The zero-order chi connectivity index (χ0) is 17.6. The molecule has 1 unspecified atom stereocenters. The van der Waals surface area contributed by atoms with Crippen LogP contribution in [0.5, 0.6) is 0 Å². The second-order valence-electron chi connectivity index (χ2n) is 6.45. The predicted molar refractivity (Wildman–Crippen MR) is 93.6 cm³/mol. The summed E-state index contributed by atoms with van der Waals surface area (Å²) in [6, 6.07) is 15.2. The summed E-state index contributed by atoms with van der Waals surface area (Å²) in [7, 11) is 1.79. The van der Waals surface area contributed by atoms with Gasteiger partial charge in [-0.25, -0.2) is 4.79 Å². The molecule has 1 atom stereocenters. The van der Waals surface area contributed by atoms with Gasteiger partial charge in [-0.05, 0) is 35.4 Å². The van der Waals surface area contributed by atoms with E-state index in [-0.39, 0.29) is 18.5 Å². The molecule has 0 bridgehead atoms. The van der Waals surface area contributed by atoms with Gasteiger partial charge in [0.2, 0.25) is 0 Å². The Kier molecular flexibility index (Phi) is 3.35. The Hall–Kier alpha value is -3.15. The highest BCUT2D eigenvalue weighted by Gasteiger charge is 2.49. The molecule has 0 spiro atoms. The Balaban J connectivity index is 1.70. The average Bonchev–Trinajstić information content (AvgIpc) is 3.11. The number of fused-ring (bicyclic) bond motifs is 1. The molecule has 2 aromatic carbocycles. The molecule has 3 amide bonds. The van der Waals surface area contributed by atoms with Crippen LogP contribution in [0.4, 0.5) is 4.79 Å². The van der Waals surface area contributed by atoms with Gasteiger partial charge in [0.15, 0.2) is 0 Å². The smallest absolute Gasteiger partial charge is 0.319 e. The lowest BCUT2D eigenvalue weighted by atomic mass is 9.90. The fraction of sp³-hybridized carbons (Fsp3) is 0.211. The van der Waals surface area contributed by atoms with Crippen molar-refractivity contribution < 1.29 is 9.59 Å². The Morgan fingerprint density at radius 2 is 1.84 bits per heavy atom. The number of hydrogen-bond donors (Lipinski definition) is 1. The zero-order valence-electron chi connectivity index (χ0n) is 14.1. The number of imide groups is 1. The maximum Gasteiger partial charge on any atom is 0.325 e. The molecule has 25 heavy (non-hydrogen) atoms. The Morgan fingerprint density at radius 3 is 2.56 bits per heavy atom. The first kappa shape index (κ1) is 15.4. The number of hydrogen-bond acceptors (Lipinski definition) is 3. The predicted octanol–water partition coefficient (Wildman–Crippen LogP) is 2.54. The summed E-state index contributed by atoms with van der Waals surface area (Å²) in [5.74, 6) is -0.256. The van der Waals surface area contributed by atoms with E-state index in [0.717, 1.165) is 22.0 Å². The molecule has 2 heterocycles. The van der Waals surface area contributed by atoms with Crippen molar-refractivity contribution in [3.05, 3.63) is 66.0 Å². The van der Waals surface area contributed by atoms with Gasteiger partial charge in [0, 0.05) is 13.2 Å². The van der Waals surface area contributed by atoms with Gasteiger partial charge in [-0.15, -0.1) is 0 Å². The number of urea groups is 1. The zero-order valence-corrected chi connectivity index (χ0v) is 14.1. The first-order chi connectivity index (χ1) is 12.0. The third kappa shape index (κ3) is 2.38. The molecule has 6 nitrogen and oxygen atoms in total. The van der Waals surface area contributed by atoms with Gasteiger partial charge < -0.3 is 5.32 Å². The van der Waals surface area contributed by atoms with Crippen LogP contribution in [0, 0.1) is 0 Å². The van der Waals surface area contributed by atoms with E-state index < -0.39 is 5.54 Å². The number of amides is 3. The molecule has 1 N–H and O–H groups in total. The topological polar surface area (TPSA) is 67.2 Å². The third-order valence-corrected chi connectivity index (χ3v) is 4.84. The number of aromatic nitrogens is 2. The Bertz CT molecular complexity index is 994. The van der Waals surface area contributed by atoms with Crippen molar-refractivity contribution in [1.29, 1.82) is 0 Å². The maximum atomic E-state index is 13.0. The fourth-order valence-corrected chi connectivity index (χ4v) is 3.25. The molecule has 126 valence electrons. The molecule has 3 aromatic rings. The van der Waals surface area contributed by atoms with Crippen LogP contribution >= 0.6 is 0 Å². The summed E-state index contributed by atoms with van der Waals surface area (Å²) in [4.78, 5) is 26.7. The lowest BCUT2D eigenvalue weighted by molar-refractivity contribution is -0.131. The molecule has 1 aliphatic rings. The van der Waals surface area contributed by atoms with Crippen molar-refractivity contribution in [2.45, 2.75) is 19.0 Å². The second-order valence-corrected chi connectivity index (χ2v) is 6.45. The second kappa shape index (κ2) is 5.44. The van der Waals surface area contributed by atoms with Gasteiger partial charge in [-0.2, -0.15) is 5.10 Å². The minimum absolute atomic E-state index is 0.199. The minimum atomic E-state index is -1.07. The minimum Gasteiger partial charge on any atom is -0.319 e. The molecule has 4 rings (SSSR count). The van der Waals surface area contributed by atoms with E-state index in [0.29, 0.717) is 0 Å². The van der Waals surface area contributed by atoms with Crippen LogP contribution in [0.3, 0.4) is 0 Å². The van der Waals surface area contributed by atoms with Gasteiger partial charge in [0.05, 0.1) is 12.2 Å². The highest BCUT2D eigenvalue weighted by Crippen LogP contribution is 2.31. The first-order valence-corrected chi connectivity index (χ1v) is 8.09. The first-order valence-electron chi connectivity index (χ1n) is 8.09. The van der Waals surface area contributed by atoms with Crippen LogP contribution in [-0.4, -0.2) is 26.6 Å². The van der Waals surface area contributed by atoms with Gasteiger partial charge >= 0.3 is 6.03 Å². The summed E-state index contributed by atoms with van der Waals surface area (Å²) in [5.41, 5.74) is 0.503. The number of rotatable bonds is 3. The van der Waals surface area contributed by atoms with Crippen LogP contribution in [0.25, 0.3) is 10.8 Å². The van der Waals surface area contributed by atoms with Crippen molar-refractivity contribution in [3.63, 3.8) is 0 Å². The molecule has 0 saturated carbocycles. The number of nitrogens with zero attached hydrogens (tertiary/aromatic N) is 3. The van der Waals surface area contributed by atoms with E-state index in [1.807, 2.05) is 42.5 Å². The van der Waals surface area contributed by atoms with Crippen LogP contribution in [0.2, 0.25) is 0 Å². The molecule has 6 heteroatoms. The normalized spacial score (nSPS) is 20.3. The van der Waals surface area contributed by atoms with Crippen LogP contribution in [0.1, 0.15) is 18.2 Å². The molecule has 1 aliphatic heterocycles. The van der Waals surface area contributed by atoms with Crippen molar-refractivity contribution in [2.75, 3.05) is 0 Å². The van der Waals surface area contributed by atoms with Crippen LogP contribution in [0.15, 0.2) is 54.7 Å². The summed E-state index contributed by atoms with van der Waals surface area (Å²) in [5, 5.41) is 9.07. The monoisotopic (exact) mass is 334 g/mol. The fourth-order valence-electron chi connectivity index (χ4n) is 3.25. The maximum absolute atomic E-state index is 13.0. The van der Waals surface area contributed by atoms with Gasteiger partial charge in [0.1, 0.15) is 5.54 Å². The number of carbonyl (C=O) groups excluding carboxylic acids is 2. The summed E-state index contributed by atoms with van der Waals surface area (Å²) in [6.07, 6.45) is 1.65. The van der Waals surface area contributed by atoms with Crippen molar-refractivity contribution >= 4 is 22.7 Å². The van der Waals surface area contributed by atoms with E-state index in [1.165, 1.54) is 4.90 Å². The van der Waals surface area contributed by atoms with Crippen molar-refractivity contribution in [2.24, 2.45) is 7.05 Å². The third-order valence-electron chi connectivity index (χ3n) is 4.84. The lowest BCUT2D eigenvalue weighted by Crippen LogP contribution is -2.40. The molecule has 1 fully saturated rings. The van der Waals surface area contributed by atoms with E-state index in [4.69, 9.17) is 0 Å². The van der Waals surface area contributed by atoms with Crippen LogP contribution < -0.4 is 5.32 Å². The Labute approximate surface area is 145 Å². The number of nitrogens with one attached hydrogen (secondary N) is 1. The average molecular weight is 334 g/mol. The Morgan fingerprint density at radius 1 is 1.08 bits per heavy atom. The largest absolute Gasteiger partial charge is 0.325 e.